The number of carbonyl (C=O) groups is 2. The highest BCUT2D eigenvalue weighted by Crippen LogP contribution is 2.11. The first-order chi connectivity index (χ1) is 8.91. The molecule has 0 radical (unpaired) electrons. The average Bonchev–Trinajstić information content (AvgIpc) is 2.75. The van der Waals surface area contributed by atoms with Gasteiger partial charge in [-0.2, -0.15) is 0 Å². The molecule has 0 bridgehead atoms. The molecule has 1 heterocycles. The van der Waals surface area contributed by atoms with Crippen molar-refractivity contribution >= 4 is 11.9 Å². The van der Waals surface area contributed by atoms with Gasteiger partial charge >= 0.3 is 5.97 Å². The topological polar surface area (TPSA) is 92.4 Å². The van der Waals surface area contributed by atoms with Gasteiger partial charge in [-0.25, -0.2) is 0 Å². The maximum atomic E-state index is 11.8. The Hall–Kier alpha value is -1.85. The number of amides is 1. The molecular formula is C13H20N2O4. The highest BCUT2D eigenvalue weighted by molar-refractivity contribution is 5.92. The molecule has 0 fully saturated rings. The normalized spacial score (nSPS) is 13.8. The number of aliphatic carboxylic acids is 1. The fourth-order valence-corrected chi connectivity index (χ4v) is 1.72. The van der Waals surface area contributed by atoms with Crippen molar-refractivity contribution in [2.24, 2.45) is 5.92 Å². The van der Waals surface area contributed by atoms with E-state index in [9.17, 15) is 9.59 Å². The fourth-order valence-electron chi connectivity index (χ4n) is 1.72. The molecule has 106 valence electrons. The molecule has 0 saturated carbocycles. The number of carbonyl (C=O) groups excluding carboxylic acids is 1. The Morgan fingerprint density at radius 1 is 1.42 bits per heavy atom. The van der Waals surface area contributed by atoms with Crippen LogP contribution in [0.5, 0.6) is 0 Å². The lowest BCUT2D eigenvalue weighted by Crippen LogP contribution is -2.32. The molecule has 2 unspecified atom stereocenters. The van der Waals surface area contributed by atoms with Crippen molar-refractivity contribution in [3.05, 3.63) is 17.5 Å². The number of aryl methyl sites for hydroxylation is 1. The summed E-state index contributed by atoms with van der Waals surface area (Å²) in [6, 6.07) is -0.0296. The van der Waals surface area contributed by atoms with Crippen LogP contribution in [-0.4, -0.2) is 28.2 Å². The van der Waals surface area contributed by atoms with Crippen LogP contribution in [0, 0.1) is 12.8 Å². The van der Waals surface area contributed by atoms with Crippen LogP contribution in [0.1, 0.15) is 49.2 Å². The van der Waals surface area contributed by atoms with Gasteiger partial charge in [-0.15, -0.1) is 0 Å². The van der Waals surface area contributed by atoms with E-state index in [4.69, 9.17) is 9.63 Å². The summed E-state index contributed by atoms with van der Waals surface area (Å²) in [5.74, 6) is -1.19. The Bertz CT molecular complexity index is 442. The summed E-state index contributed by atoms with van der Waals surface area (Å²) in [5.41, 5.74) is 0.698. The lowest BCUT2D eigenvalue weighted by atomic mass is 10.0. The highest BCUT2D eigenvalue weighted by Gasteiger charge is 2.17. The molecule has 1 aromatic rings. The van der Waals surface area contributed by atoms with Crippen molar-refractivity contribution < 1.29 is 19.2 Å². The van der Waals surface area contributed by atoms with Crippen molar-refractivity contribution in [3.8, 4) is 0 Å². The van der Waals surface area contributed by atoms with Crippen molar-refractivity contribution in [2.75, 3.05) is 0 Å². The minimum Gasteiger partial charge on any atom is -0.481 e. The number of hydrogen-bond donors (Lipinski definition) is 2. The van der Waals surface area contributed by atoms with E-state index < -0.39 is 5.97 Å². The van der Waals surface area contributed by atoms with Gasteiger partial charge in [-0.3, -0.25) is 9.59 Å². The maximum absolute atomic E-state index is 11.8. The SMILES string of the molecule is Cc1cnoc1C(=O)NC(C)CCCC(C)C(=O)O. The molecule has 2 N–H and O–H groups in total. The minimum absolute atomic E-state index is 0.0296. The van der Waals surface area contributed by atoms with Gasteiger partial charge in [-0.05, 0) is 26.7 Å². The van der Waals surface area contributed by atoms with Crippen LogP contribution >= 0.6 is 0 Å². The predicted octanol–water partition coefficient (Wildman–Crippen LogP) is 1.99. The molecular weight excluding hydrogens is 248 g/mol. The Labute approximate surface area is 112 Å². The van der Waals surface area contributed by atoms with E-state index in [2.05, 4.69) is 10.5 Å². The maximum Gasteiger partial charge on any atom is 0.306 e. The molecule has 0 aliphatic carbocycles. The second kappa shape index (κ2) is 6.92. The van der Waals surface area contributed by atoms with Crippen molar-refractivity contribution in [2.45, 2.75) is 46.1 Å². The lowest BCUT2D eigenvalue weighted by molar-refractivity contribution is -0.141. The number of rotatable bonds is 7. The standard InChI is InChI=1S/C13H20N2O4/c1-8(13(17)18)5-4-6-10(3)15-12(16)11-9(2)7-14-19-11/h7-8,10H,4-6H2,1-3H3,(H,15,16)(H,17,18). The zero-order valence-corrected chi connectivity index (χ0v) is 11.5. The van der Waals surface area contributed by atoms with Crippen molar-refractivity contribution in [1.29, 1.82) is 0 Å². The average molecular weight is 268 g/mol. The Morgan fingerprint density at radius 2 is 2.11 bits per heavy atom. The summed E-state index contributed by atoms with van der Waals surface area (Å²) in [7, 11) is 0. The van der Waals surface area contributed by atoms with Gasteiger partial charge in [0.2, 0.25) is 5.76 Å². The Kier molecular flexibility index (Phi) is 5.54. The molecule has 6 heteroatoms. The number of nitrogens with one attached hydrogen (secondary N) is 1. The van der Waals surface area contributed by atoms with E-state index in [0.29, 0.717) is 12.0 Å². The van der Waals surface area contributed by atoms with Crippen LogP contribution in [0.3, 0.4) is 0 Å². The van der Waals surface area contributed by atoms with Gasteiger partial charge in [0.25, 0.3) is 5.91 Å². The van der Waals surface area contributed by atoms with Crippen molar-refractivity contribution in [1.82, 2.24) is 10.5 Å². The van der Waals surface area contributed by atoms with Gasteiger partial charge < -0.3 is 14.9 Å². The van der Waals surface area contributed by atoms with E-state index in [1.807, 2.05) is 6.92 Å². The van der Waals surface area contributed by atoms with E-state index in [-0.39, 0.29) is 23.6 Å². The summed E-state index contributed by atoms with van der Waals surface area (Å²) in [6.45, 7) is 5.32. The second-order valence-corrected chi connectivity index (χ2v) is 4.88. The molecule has 1 amide bonds. The summed E-state index contributed by atoms with van der Waals surface area (Å²) in [4.78, 5) is 22.5. The summed E-state index contributed by atoms with van der Waals surface area (Å²) >= 11 is 0. The summed E-state index contributed by atoms with van der Waals surface area (Å²) < 4.78 is 4.86. The molecule has 0 spiro atoms. The van der Waals surface area contributed by atoms with Crippen LogP contribution < -0.4 is 5.32 Å². The van der Waals surface area contributed by atoms with Gasteiger partial charge in [0.1, 0.15) is 0 Å². The predicted molar refractivity (Wildman–Crippen MR) is 68.8 cm³/mol. The van der Waals surface area contributed by atoms with Gasteiger partial charge in [0.05, 0.1) is 12.1 Å². The van der Waals surface area contributed by atoms with Crippen LogP contribution in [-0.2, 0) is 4.79 Å². The van der Waals surface area contributed by atoms with E-state index >= 15 is 0 Å². The van der Waals surface area contributed by atoms with Crippen LogP contribution in [0.4, 0.5) is 0 Å². The number of hydrogen-bond acceptors (Lipinski definition) is 4. The molecule has 1 rings (SSSR count). The van der Waals surface area contributed by atoms with E-state index in [0.717, 1.165) is 12.8 Å². The number of carboxylic acid groups (broad SMARTS) is 1. The van der Waals surface area contributed by atoms with Gasteiger partial charge in [-0.1, -0.05) is 18.5 Å². The molecule has 19 heavy (non-hydrogen) atoms. The molecule has 1 aromatic heterocycles. The van der Waals surface area contributed by atoms with Crippen molar-refractivity contribution in [3.63, 3.8) is 0 Å². The lowest BCUT2D eigenvalue weighted by Gasteiger charge is -2.13. The Balaban J connectivity index is 2.32. The smallest absolute Gasteiger partial charge is 0.306 e. The Morgan fingerprint density at radius 3 is 2.63 bits per heavy atom. The first-order valence-corrected chi connectivity index (χ1v) is 6.36. The zero-order chi connectivity index (χ0) is 14.4. The molecule has 0 aliphatic rings. The summed E-state index contributed by atoms with van der Waals surface area (Å²) in [5, 5.41) is 15.1. The van der Waals surface area contributed by atoms with Gasteiger partial charge in [0.15, 0.2) is 0 Å². The highest BCUT2D eigenvalue weighted by atomic mass is 16.5. The van der Waals surface area contributed by atoms with E-state index in [1.165, 1.54) is 6.20 Å². The fraction of sp³-hybridized carbons (Fsp3) is 0.615. The van der Waals surface area contributed by atoms with E-state index in [1.54, 1.807) is 13.8 Å². The van der Waals surface area contributed by atoms with Crippen LogP contribution in [0.25, 0.3) is 0 Å². The molecule has 0 aromatic carbocycles. The first-order valence-electron chi connectivity index (χ1n) is 6.36. The zero-order valence-electron chi connectivity index (χ0n) is 11.5. The third-order valence-corrected chi connectivity index (χ3v) is 3.03. The number of aromatic nitrogens is 1. The third-order valence-electron chi connectivity index (χ3n) is 3.03. The van der Waals surface area contributed by atoms with Crippen LogP contribution in [0.15, 0.2) is 10.7 Å². The largest absolute Gasteiger partial charge is 0.481 e. The molecule has 2 atom stereocenters. The second-order valence-electron chi connectivity index (χ2n) is 4.88. The monoisotopic (exact) mass is 268 g/mol. The number of nitrogens with zero attached hydrogens (tertiary/aromatic N) is 1. The summed E-state index contributed by atoms with van der Waals surface area (Å²) in [6.07, 6.45) is 3.59. The quantitative estimate of drug-likeness (QED) is 0.789. The first kappa shape index (κ1) is 15.2. The third kappa shape index (κ3) is 4.73. The molecule has 6 nitrogen and oxygen atoms in total. The van der Waals surface area contributed by atoms with Crippen LogP contribution in [0.2, 0.25) is 0 Å². The molecule has 0 aliphatic heterocycles. The number of carboxylic acids is 1. The van der Waals surface area contributed by atoms with Gasteiger partial charge in [0, 0.05) is 11.6 Å². The molecule has 0 saturated heterocycles. The minimum atomic E-state index is -0.783.